The molecular weight excluding hydrogens is 220 g/mol. The summed E-state index contributed by atoms with van der Waals surface area (Å²) in [5, 5.41) is 9.35. The number of rotatable bonds is 2. The number of aliphatic hydroxyl groups is 1. The Labute approximate surface area is 99.1 Å². The van der Waals surface area contributed by atoms with E-state index in [-0.39, 0.29) is 29.8 Å². The SMILES string of the molecule is Cc1cn([C@@H]2CCCC[C@@H]2CO)c(=O)[nH]c1=O. The number of hydrogen-bond donors (Lipinski definition) is 2. The minimum atomic E-state index is -0.369. The van der Waals surface area contributed by atoms with Crippen molar-refractivity contribution in [3.63, 3.8) is 0 Å². The summed E-state index contributed by atoms with van der Waals surface area (Å²) in [6.45, 7) is 1.78. The maximum absolute atomic E-state index is 11.8. The molecule has 0 aliphatic heterocycles. The normalized spacial score (nSPS) is 24.8. The van der Waals surface area contributed by atoms with Gasteiger partial charge in [0.1, 0.15) is 0 Å². The van der Waals surface area contributed by atoms with Crippen molar-refractivity contribution in [1.82, 2.24) is 9.55 Å². The molecule has 0 radical (unpaired) electrons. The van der Waals surface area contributed by atoms with Gasteiger partial charge in [-0.15, -0.1) is 0 Å². The molecular formula is C12H18N2O3. The summed E-state index contributed by atoms with van der Waals surface area (Å²) in [4.78, 5) is 25.4. The number of aromatic amines is 1. The molecule has 1 heterocycles. The molecule has 5 heteroatoms. The Morgan fingerprint density at radius 1 is 1.41 bits per heavy atom. The summed E-state index contributed by atoms with van der Waals surface area (Å²) in [6.07, 6.45) is 5.59. The Bertz CT molecular complexity index is 503. The number of aromatic nitrogens is 2. The monoisotopic (exact) mass is 238 g/mol. The van der Waals surface area contributed by atoms with Gasteiger partial charge in [0, 0.05) is 30.3 Å². The van der Waals surface area contributed by atoms with Gasteiger partial charge in [0.25, 0.3) is 5.56 Å². The standard InChI is InChI=1S/C12H18N2O3/c1-8-6-14(12(17)13-11(8)16)10-5-3-2-4-9(10)7-15/h6,9-10,15H,2-5,7H2,1H3,(H,13,16,17)/t9-,10-/m1/s1. The molecule has 0 bridgehead atoms. The van der Waals surface area contributed by atoms with E-state index in [2.05, 4.69) is 4.98 Å². The van der Waals surface area contributed by atoms with Gasteiger partial charge in [0.2, 0.25) is 0 Å². The minimum absolute atomic E-state index is 0.0109. The predicted molar refractivity (Wildman–Crippen MR) is 64.1 cm³/mol. The second kappa shape index (κ2) is 4.87. The fraction of sp³-hybridized carbons (Fsp3) is 0.667. The highest BCUT2D eigenvalue weighted by Gasteiger charge is 2.26. The van der Waals surface area contributed by atoms with E-state index in [9.17, 15) is 14.7 Å². The molecule has 5 nitrogen and oxygen atoms in total. The summed E-state index contributed by atoms with van der Waals surface area (Å²) in [7, 11) is 0. The van der Waals surface area contributed by atoms with Gasteiger partial charge in [-0.25, -0.2) is 4.79 Å². The second-order valence-corrected chi connectivity index (χ2v) is 4.77. The Morgan fingerprint density at radius 3 is 2.82 bits per heavy atom. The third kappa shape index (κ3) is 2.34. The fourth-order valence-electron chi connectivity index (χ4n) is 2.60. The lowest BCUT2D eigenvalue weighted by Gasteiger charge is -2.31. The van der Waals surface area contributed by atoms with E-state index in [1.807, 2.05) is 0 Å². The van der Waals surface area contributed by atoms with Crippen LogP contribution in [0.25, 0.3) is 0 Å². The largest absolute Gasteiger partial charge is 0.396 e. The molecule has 17 heavy (non-hydrogen) atoms. The van der Waals surface area contributed by atoms with Gasteiger partial charge in [0.05, 0.1) is 0 Å². The summed E-state index contributed by atoms with van der Waals surface area (Å²) in [5.41, 5.74) is -0.166. The summed E-state index contributed by atoms with van der Waals surface area (Å²) >= 11 is 0. The zero-order valence-corrected chi connectivity index (χ0v) is 9.98. The van der Waals surface area contributed by atoms with Gasteiger partial charge < -0.3 is 5.11 Å². The van der Waals surface area contributed by atoms with Crippen LogP contribution in [0.5, 0.6) is 0 Å². The summed E-state index contributed by atoms with van der Waals surface area (Å²) < 4.78 is 1.58. The highest BCUT2D eigenvalue weighted by Crippen LogP contribution is 2.32. The average Bonchev–Trinajstić information content (AvgIpc) is 2.34. The molecule has 2 N–H and O–H groups in total. The van der Waals surface area contributed by atoms with Gasteiger partial charge in [0.15, 0.2) is 0 Å². The van der Waals surface area contributed by atoms with Crippen LogP contribution in [0.4, 0.5) is 0 Å². The highest BCUT2D eigenvalue weighted by atomic mass is 16.3. The van der Waals surface area contributed by atoms with Crippen LogP contribution in [0, 0.1) is 12.8 Å². The van der Waals surface area contributed by atoms with Crippen LogP contribution < -0.4 is 11.2 Å². The molecule has 2 atom stereocenters. The lowest BCUT2D eigenvalue weighted by Crippen LogP contribution is -2.37. The van der Waals surface area contributed by atoms with Crippen LogP contribution >= 0.6 is 0 Å². The molecule has 94 valence electrons. The van der Waals surface area contributed by atoms with Crippen molar-refractivity contribution in [3.8, 4) is 0 Å². The maximum atomic E-state index is 11.8. The fourth-order valence-corrected chi connectivity index (χ4v) is 2.60. The zero-order chi connectivity index (χ0) is 12.4. The van der Waals surface area contributed by atoms with Crippen molar-refractivity contribution in [2.75, 3.05) is 6.61 Å². The van der Waals surface area contributed by atoms with Gasteiger partial charge in [-0.2, -0.15) is 0 Å². The first-order valence-electron chi connectivity index (χ1n) is 6.06. The average molecular weight is 238 g/mol. The van der Waals surface area contributed by atoms with E-state index in [4.69, 9.17) is 0 Å². The molecule has 0 amide bonds. The molecule has 0 spiro atoms. The first kappa shape index (κ1) is 12.1. The quantitative estimate of drug-likeness (QED) is 0.791. The van der Waals surface area contributed by atoms with E-state index >= 15 is 0 Å². The molecule has 1 fully saturated rings. The molecule has 0 saturated heterocycles. The minimum Gasteiger partial charge on any atom is -0.396 e. The van der Waals surface area contributed by atoms with Crippen LogP contribution in [0.15, 0.2) is 15.8 Å². The summed E-state index contributed by atoms with van der Waals surface area (Å²) in [6, 6.07) is 0.0109. The molecule has 1 aliphatic rings. The van der Waals surface area contributed by atoms with Crippen LogP contribution in [-0.4, -0.2) is 21.3 Å². The Kier molecular flexibility index (Phi) is 3.47. The smallest absolute Gasteiger partial charge is 0.328 e. The van der Waals surface area contributed by atoms with E-state index in [0.717, 1.165) is 25.7 Å². The van der Waals surface area contributed by atoms with Crippen molar-refractivity contribution in [3.05, 3.63) is 32.6 Å². The van der Waals surface area contributed by atoms with Crippen molar-refractivity contribution in [2.24, 2.45) is 5.92 Å². The van der Waals surface area contributed by atoms with Crippen molar-refractivity contribution < 1.29 is 5.11 Å². The van der Waals surface area contributed by atoms with Gasteiger partial charge in [-0.05, 0) is 19.8 Å². The number of aryl methyl sites for hydroxylation is 1. The van der Waals surface area contributed by atoms with Crippen LogP contribution in [0.1, 0.15) is 37.3 Å². The van der Waals surface area contributed by atoms with Crippen LogP contribution in [-0.2, 0) is 0 Å². The van der Waals surface area contributed by atoms with Crippen molar-refractivity contribution in [1.29, 1.82) is 0 Å². The summed E-state index contributed by atoms with van der Waals surface area (Å²) in [5.74, 6) is 0.117. The lowest BCUT2D eigenvalue weighted by atomic mass is 9.85. The van der Waals surface area contributed by atoms with Crippen LogP contribution in [0.2, 0.25) is 0 Å². The first-order chi connectivity index (χ1) is 8.13. The maximum Gasteiger partial charge on any atom is 0.328 e. The highest BCUT2D eigenvalue weighted by molar-refractivity contribution is 5.02. The van der Waals surface area contributed by atoms with Crippen molar-refractivity contribution >= 4 is 0 Å². The first-order valence-corrected chi connectivity index (χ1v) is 6.06. The second-order valence-electron chi connectivity index (χ2n) is 4.77. The van der Waals surface area contributed by atoms with Gasteiger partial charge >= 0.3 is 5.69 Å². The topological polar surface area (TPSA) is 75.1 Å². The lowest BCUT2D eigenvalue weighted by molar-refractivity contribution is 0.135. The van der Waals surface area contributed by atoms with E-state index in [1.165, 1.54) is 0 Å². The number of nitrogens with one attached hydrogen (secondary N) is 1. The molecule has 0 aromatic carbocycles. The molecule has 1 saturated carbocycles. The molecule has 1 aromatic rings. The predicted octanol–water partition coefficient (Wildman–Crippen LogP) is 0.569. The van der Waals surface area contributed by atoms with E-state index in [0.29, 0.717) is 5.56 Å². The van der Waals surface area contributed by atoms with Crippen LogP contribution in [0.3, 0.4) is 0 Å². The van der Waals surface area contributed by atoms with Crippen molar-refractivity contribution in [2.45, 2.75) is 38.6 Å². The third-order valence-corrected chi connectivity index (χ3v) is 3.61. The van der Waals surface area contributed by atoms with Gasteiger partial charge in [-0.3, -0.25) is 14.3 Å². The number of H-pyrrole nitrogens is 1. The Hall–Kier alpha value is -1.36. The third-order valence-electron chi connectivity index (χ3n) is 3.61. The number of aliphatic hydroxyl groups excluding tert-OH is 1. The number of nitrogens with zero attached hydrogens (tertiary/aromatic N) is 1. The molecule has 2 rings (SSSR count). The zero-order valence-electron chi connectivity index (χ0n) is 9.98. The Morgan fingerprint density at radius 2 is 2.12 bits per heavy atom. The molecule has 0 unspecified atom stereocenters. The Balaban J connectivity index is 2.41. The van der Waals surface area contributed by atoms with E-state index < -0.39 is 0 Å². The van der Waals surface area contributed by atoms with E-state index in [1.54, 1.807) is 17.7 Å². The molecule has 1 aliphatic carbocycles. The van der Waals surface area contributed by atoms with Gasteiger partial charge in [-0.1, -0.05) is 12.8 Å². The molecule has 1 aromatic heterocycles. The number of hydrogen-bond acceptors (Lipinski definition) is 3.